The fourth-order valence-electron chi connectivity index (χ4n) is 0.997. The van der Waals surface area contributed by atoms with Crippen LogP contribution < -0.4 is 16.2 Å². The third-order valence-electron chi connectivity index (χ3n) is 1.89. The van der Waals surface area contributed by atoms with Crippen molar-refractivity contribution in [1.29, 1.82) is 0 Å². The molecule has 0 fully saturated rings. The van der Waals surface area contributed by atoms with Gasteiger partial charge in [0.25, 0.3) is 0 Å². The predicted molar refractivity (Wildman–Crippen MR) is 63.7 cm³/mol. The molecule has 0 aromatic carbocycles. The van der Waals surface area contributed by atoms with Crippen molar-refractivity contribution in [2.45, 2.75) is 19.8 Å². The number of hydrazine groups is 1. The first kappa shape index (κ1) is 13.3. The van der Waals surface area contributed by atoms with Crippen molar-refractivity contribution < 1.29 is 9.72 Å². The number of thiazole rings is 1. The van der Waals surface area contributed by atoms with Crippen molar-refractivity contribution in [3.8, 4) is 0 Å². The van der Waals surface area contributed by atoms with E-state index in [1.165, 1.54) is 0 Å². The van der Waals surface area contributed by atoms with Gasteiger partial charge in [-0.2, -0.15) is 0 Å². The van der Waals surface area contributed by atoms with Crippen LogP contribution in [0.5, 0.6) is 0 Å². The molecule has 0 atom stereocenters. The number of nitrogens with two attached hydrogens (primary N) is 1. The van der Waals surface area contributed by atoms with Gasteiger partial charge in [-0.3, -0.25) is 10.1 Å². The molecular weight excluding hydrogens is 246 g/mol. The van der Waals surface area contributed by atoms with Crippen LogP contribution in [0.25, 0.3) is 0 Å². The van der Waals surface area contributed by atoms with E-state index in [4.69, 9.17) is 5.84 Å². The van der Waals surface area contributed by atoms with Crippen LogP contribution in [0.3, 0.4) is 0 Å². The van der Waals surface area contributed by atoms with Crippen molar-refractivity contribution in [2.75, 3.05) is 11.6 Å². The topological polar surface area (TPSA) is 114 Å². The van der Waals surface area contributed by atoms with Crippen LogP contribution in [0.2, 0.25) is 0 Å². The van der Waals surface area contributed by atoms with Gasteiger partial charge in [0.2, 0.25) is 5.13 Å². The van der Waals surface area contributed by atoms with Gasteiger partial charge in [-0.25, -0.2) is 20.6 Å². The normalized spacial score (nSPS) is 10.0. The molecule has 1 rings (SSSR count). The lowest BCUT2D eigenvalue weighted by molar-refractivity contribution is -0.380. The van der Waals surface area contributed by atoms with E-state index in [-0.39, 0.29) is 10.1 Å². The van der Waals surface area contributed by atoms with Gasteiger partial charge in [0.05, 0.1) is 4.92 Å². The molecule has 1 heterocycles. The fraction of sp³-hybridized carbons (Fsp3) is 0.500. The third-order valence-corrected chi connectivity index (χ3v) is 2.84. The Balaban J connectivity index is 2.58. The summed E-state index contributed by atoms with van der Waals surface area (Å²) in [5, 5.41) is 13.7. The minimum Gasteiger partial charge on any atom is -0.337 e. The highest BCUT2D eigenvalue weighted by Gasteiger charge is 2.19. The number of unbranched alkanes of at least 4 members (excludes halogenated alkanes) is 1. The van der Waals surface area contributed by atoms with Crippen molar-refractivity contribution in [3.05, 3.63) is 16.3 Å². The first-order chi connectivity index (χ1) is 8.06. The van der Waals surface area contributed by atoms with Gasteiger partial charge in [-0.1, -0.05) is 13.3 Å². The van der Waals surface area contributed by atoms with Crippen LogP contribution in [0.4, 0.5) is 14.9 Å². The van der Waals surface area contributed by atoms with E-state index in [0.29, 0.717) is 6.54 Å². The number of hydrogen-bond acceptors (Lipinski definition) is 6. The van der Waals surface area contributed by atoms with Crippen LogP contribution in [0, 0.1) is 10.1 Å². The second-order valence-corrected chi connectivity index (χ2v) is 4.18. The van der Waals surface area contributed by atoms with E-state index in [2.05, 4.69) is 10.3 Å². The smallest absolute Gasteiger partial charge is 0.337 e. The van der Waals surface area contributed by atoms with Crippen LogP contribution >= 0.6 is 11.3 Å². The molecule has 1 aromatic heterocycles. The molecule has 0 saturated carbocycles. The standard InChI is InChI=1S/C8H13N5O3S/c1-2-3-4-10-7(14)12(9)8-11-5-6(17-8)13(15)16/h5H,2-4,9H2,1H3,(H,10,14). The summed E-state index contributed by atoms with van der Waals surface area (Å²) >= 11 is 0.747. The summed E-state index contributed by atoms with van der Waals surface area (Å²) in [6.07, 6.45) is 2.87. The zero-order valence-electron chi connectivity index (χ0n) is 9.25. The first-order valence-corrected chi connectivity index (χ1v) is 5.80. The molecule has 9 heteroatoms. The number of nitrogens with zero attached hydrogens (tertiary/aromatic N) is 3. The summed E-state index contributed by atoms with van der Waals surface area (Å²) in [6, 6.07) is -0.525. The molecule has 0 aliphatic rings. The predicted octanol–water partition coefficient (Wildman–Crippen LogP) is 1.24. The molecule has 8 nitrogen and oxygen atoms in total. The number of amides is 2. The van der Waals surface area contributed by atoms with Crippen LogP contribution in [0.15, 0.2) is 6.20 Å². The molecule has 94 valence electrons. The van der Waals surface area contributed by atoms with Gasteiger partial charge in [0, 0.05) is 6.54 Å². The molecular formula is C8H13N5O3S. The highest BCUT2D eigenvalue weighted by atomic mass is 32.1. The Labute approximate surface area is 102 Å². The number of anilines is 1. The monoisotopic (exact) mass is 259 g/mol. The maximum Gasteiger partial charge on any atom is 0.345 e. The number of aromatic nitrogens is 1. The Morgan fingerprint density at radius 2 is 2.47 bits per heavy atom. The Hall–Kier alpha value is -1.74. The molecule has 0 aliphatic carbocycles. The number of carbonyl (C=O) groups excluding carboxylic acids is 1. The molecule has 0 aliphatic heterocycles. The van der Waals surface area contributed by atoms with Crippen molar-refractivity contribution in [2.24, 2.45) is 5.84 Å². The number of hydrogen-bond donors (Lipinski definition) is 2. The van der Waals surface area contributed by atoms with Gasteiger partial charge in [0.1, 0.15) is 6.20 Å². The van der Waals surface area contributed by atoms with Crippen LogP contribution in [-0.2, 0) is 0 Å². The average molecular weight is 259 g/mol. The number of urea groups is 1. The minimum absolute atomic E-state index is 0.0886. The maximum atomic E-state index is 11.5. The lowest BCUT2D eigenvalue weighted by atomic mass is 10.3. The van der Waals surface area contributed by atoms with Gasteiger partial charge in [0.15, 0.2) is 0 Å². The summed E-state index contributed by atoms with van der Waals surface area (Å²) < 4.78 is 0. The molecule has 17 heavy (non-hydrogen) atoms. The van der Waals surface area contributed by atoms with Crippen molar-refractivity contribution in [3.63, 3.8) is 0 Å². The third kappa shape index (κ3) is 3.64. The Morgan fingerprint density at radius 1 is 1.76 bits per heavy atom. The fourth-order valence-corrected chi connectivity index (χ4v) is 1.65. The summed E-state index contributed by atoms with van der Waals surface area (Å²) in [6.45, 7) is 2.51. The Bertz CT molecular complexity index is 408. The van der Waals surface area contributed by atoms with E-state index in [0.717, 1.165) is 35.4 Å². The highest BCUT2D eigenvalue weighted by molar-refractivity contribution is 7.18. The zero-order chi connectivity index (χ0) is 12.8. The van der Waals surface area contributed by atoms with E-state index in [1.54, 1.807) is 0 Å². The minimum atomic E-state index is -0.579. The molecule has 0 bridgehead atoms. The molecule has 1 aromatic rings. The number of nitrogens with one attached hydrogen (secondary N) is 1. The summed E-state index contributed by atoms with van der Waals surface area (Å²) in [5.74, 6) is 5.48. The molecule has 0 spiro atoms. The van der Waals surface area contributed by atoms with Crippen molar-refractivity contribution >= 4 is 27.5 Å². The summed E-state index contributed by atoms with van der Waals surface area (Å²) in [5.41, 5.74) is 0. The van der Waals surface area contributed by atoms with Gasteiger partial charge in [-0.15, -0.1) is 0 Å². The van der Waals surface area contributed by atoms with Gasteiger partial charge >= 0.3 is 11.0 Å². The number of nitro groups is 1. The van der Waals surface area contributed by atoms with Gasteiger partial charge < -0.3 is 5.32 Å². The maximum absolute atomic E-state index is 11.5. The van der Waals surface area contributed by atoms with E-state index in [9.17, 15) is 14.9 Å². The Kier molecular flexibility index (Phi) is 4.79. The van der Waals surface area contributed by atoms with Crippen molar-refractivity contribution in [1.82, 2.24) is 10.3 Å². The molecule has 2 amide bonds. The number of carbonyl (C=O) groups is 1. The van der Waals surface area contributed by atoms with E-state index in [1.807, 2.05) is 6.92 Å². The molecule has 3 N–H and O–H groups in total. The summed E-state index contributed by atoms with van der Waals surface area (Å²) in [7, 11) is 0. The Morgan fingerprint density at radius 3 is 3.00 bits per heavy atom. The van der Waals surface area contributed by atoms with Gasteiger partial charge in [-0.05, 0) is 17.8 Å². The zero-order valence-corrected chi connectivity index (χ0v) is 10.1. The number of rotatable bonds is 5. The van der Waals surface area contributed by atoms with Crippen LogP contribution in [0.1, 0.15) is 19.8 Å². The molecule has 0 saturated heterocycles. The average Bonchev–Trinajstić information content (AvgIpc) is 2.77. The first-order valence-electron chi connectivity index (χ1n) is 4.99. The second kappa shape index (κ2) is 6.11. The lowest BCUT2D eigenvalue weighted by Crippen LogP contribution is -2.45. The molecule has 0 unspecified atom stereocenters. The molecule has 0 radical (unpaired) electrons. The van der Waals surface area contributed by atoms with E-state index < -0.39 is 11.0 Å². The van der Waals surface area contributed by atoms with E-state index >= 15 is 0 Å². The largest absolute Gasteiger partial charge is 0.345 e. The SMILES string of the molecule is CCCCNC(=O)N(N)c1ncc([N+](=O)[O-])s1. The summed E-state index contributed by atoms with van der Waals surface area (Å²) in [4.78, 5) is 25.0. The lowest BCUT2D eigenvalue weighted by Gasteiger charge is -2.13. The van der Waals surface area contributed by atoms with Crippen LogP contribution in [-0.4, -0.2) is 22.5 Å². The highest BCUT2D eigenvalue weighted by Crippen LogP contribution is 2.26. The second-order valence-electron chi connectivity index (χ2n) is 3.19. The quantitative estimate of drug-likeness (QED) is 0.271.